The van der Waals surface area contributed by atoms with Gasteiger partial charge in [-0.3, -0.25) is 0 Å². The molecule has 8 unspecified atom stereocenters. The summed E-state index contributed by atoms with van der Waals surface area (Å²) in [7, 11) is 0. The first kappa shape index (κ1) is 61.3. The van der Waals surface area contributed by atoms with Gasteiger partial charge in [0.25, 0.3) is 0 Å². The SMILES string of the molecule is CCC(CC)(OCC(O)COc1ccc(C2(c3ccc(C(CC)(CC)OCC4CS4)cc3)CC(c3ccc4c(c3)-c3ccccc3C4)C3=CC=CCC32)cc1)c1ccc(C2(c3ccc(OCC4CS4)cc3)CC(c3ccc4c(c3)-c3ccccc3C4)c3cc#ccc32)cc1. The van der Waals surface area contributed by atoms with Crippen LogP contribution in [0.3, 0.4) is 0 Å². The third-order valence-corrected chi connectivity index (χ3v) is 24.8. The maximum atomic E-state index is 11.8. The number of hydrogen-bond acceptors (Lipinski definition) is 7. The third-order valence-electron chi connectivity index (χ3n) is 23.0. The van der Waals surface area contributed by atoms with E-state index in [1.165, 1.54) is 112 Å². The van der Waals surface area contributed by atoms with Gasteiger partial charge in [0.2, 0.25) is 0 Å². The molecule has 474 valence electrons. The van der Waals surface area contributed by atoms with E-state index in [1.807, 2.05) is 23.5 Å². The molecular formula is C87H84O5S2. The zero-order valence-electron chi connectivity index (χ0n) is 54.7. The van der Waals surface area contributed by atoms with Gasteiger partial charge in [0, 0.05) is 44.7 Å². The molecule has 7 heteroatoms. The largest absolute Gasteiger partial charge is 0.492 e. The fourth-order valence-corrected chi connectivity index (χ4v) is 18.3. The predicted octanol–water partition coefficient (Wildman–Crippen LogP) is 19.4. The van der Waals surface area contributed by atoms with E-state index < -0.39 is 17.1 Å². The van der Waals surface area contributed by atoms with Crippen molar-refractivity contribution in [3.8, 4) is 33.8 Å². The summed E-state index contributed by atoms with van der Waals surface area (Å²) >= 11 is 3.96. The van der Waals surface area contributed by atoms with Gasteiger partial charge in [-0.2, -0.15) is 23.5 Å². The Bertz CT molecular complexity index is 4300. The highest BCUT2D eigenvalue weighted by Gasteiger charge is 2.53. The van der Waals surface area contributed by atoms with Crippen molar-refractivity contribution in [1.82, 2.24) is 0 Å². The Hall–Kier alpha value is -7.54. The molecule has 0 amide bonds. The summed E-state index contributed by atoms with van der Waals surface area (Å²) in [4.78, 5) is 0. The third kappa shape index (κ3) is 10.9. The van der Waals surface area contributed by atoms with E-state index in [0.29, 0.717) is 10.5 Å². The van der Waals surface area contributed by atoms with E-state index in [9.17, 15) is 5.11 Å². The molecule has 2 aliphatic heterocycles. The van der Waals surface area contributed by atoms with Gasteiger partial charge in [0.15, 0.2) is 0 Å². The van der Waals surface area contributed by atoms with Crippen molar-refractivity contribution >= 4 is 23.5 Å². The van der Waals surface area contributed by atoms with E-state index in [2.05, 4.69) is 252 Å². The monoisotopic (exact) mass is 1270 g/mol. The molecule has 8 atom stereocenters. The van der Waals surface area contributed by atoms with Crippen molar-refractivity contribution in [3.63, 3.8) is 0 Å². The highest BCUT2D eigenvalue weighted by atomic mass is 32.2. The van der Waals surface area contributed by atoms with Gasteiger partial charge >= 0.3 is 0 Å². The Morgan fingerprint density at radius 3 is 1.63 bits per heavy atom. The lowest BCUT2D eigenvalue weighted by atomic mass is 9.65. The van der Waals surface area contributed by atoms with Crippen molar-refractivity contribution in [2.75, 3.05) is 37.9 Å². The first-order valence-electron chi connectivity index (χ1n) is 34.7. The zero-order valence-corrected chi connectivity index (χ0v) is 56.3. The number of aliphatic hydroxyl groups is 1. The van der Waals surface area contributed by atoms with Crippen LogP contribution in [0.25, 0.3) is 22.3 Å². The van der Waals surface area contributed by atoms with E-state index in [-0.39, 0.29) is 42.0 Å². The van der Waals surface area contributed by atoms with Crippen LogP contribution in [-0.2, 0) is 44.3 Å². The molecular weight excluding hydrogens is 1190 g/mol. The summed E-state index contributed by atoms with van der Waals surface area (Å²) in [6.45, 7) is 10.7. The van der Waals surface area contributed by atoms with Crippen LogP contribution < -0.4 is 9.47 Å². The highest BCUT2D eigenvalue weighted by molar-refractivity contribution is 8.07. The zero-order chi connectivity index (χ0) is 63.6. The maximum Gasteiger partial charge on any atom is 0.119 e. The molecule has 3 fully saturated rings. The van der Waals surface area contributed by atoms with Crippen LogP contribution in [0.5, 0.6) is 11.5 Å². The van der Waals surface area contributed by atoms with Gasteiger partial charge in [-0.1, -0.05) is 221 Å². The van der Waals surface area contributed by atoms with Crippen LogP contribution in [0, 0.1) is 18.1 Å². The molecule has 9 aromatic rings. The summed E-state index contributed by atoms with van der Waals surface area (Å²) < 4.78 is 26.7. The fraction of sp³-hybridized carbons (Fsp3) is 0.333. The average molecular weight is 1270 g/mol. The van der Waals surface area contributed by atoms with Crippen LogP contribution >= 0.6 is 23.5 Å². The molecule has 2 saturated heterocycles. The van der Waals surface area contributed by atoms with Gasteiger partial charge in [0.05, 0.1) is 24.4 Å². The number of thioether (sulfide) groups is 2. The molecule has 16 rings (SSSR count). The number of benzene rings is 8. The number of ether oxygens (including phenoxy) is 4. The number of allylic oxidation sites excluding steroid dienone is 4. The van der Waals surface area contributed by atoms with Crippen molar-refractivity contribution in [1.29, 1.82) is 0 Å². The standard InChI is InChI=1S/C87H84O5S2/c1-5-84(6-2,63-29-33-65(34-30-63)87(68-39-43-71(44-40-68)90-53-72-55-93-72)50-81(77-22-14-16-24-83(77)87)62-28-26-60-46-58-18-10-12-20-75(58)79(60)48-62)91-52-69(88)51-89-70-41-37-67(38-42-70)86(66-35-31-64(32-36-66)85(7-3,8-4)92-54-73-56-94-73)49-80(76-21-13-15-23-82(76)86)61-27-25-59-45-57-17-9-11-19-74(57)78(59)47-61/h9-13,15,17-22,24-44,47-48,69,72-73,80-82,88H,5-8,23,45-46,49-56H2,1-4H3. The second-order valence-corrected chi connectivity index (χ2v) is 30.3. The highest BCUT2D eigenvalue weighted by Crippen LogP contribution is 2.62. The van der Waals surface area contributed by atoms with Crippen molar-refractivity contribution < 1.29 is 24.1 Å². The second-order valence-electron chi connectivity index (χ2n) is 27.6. The van der Waals surface area contributed by atoms with Crippen molar-refractivity contribution in [3.05, 3.63) is 308 Å². The molecule has 0 radical (unpaired) electrons. The molecule has 7 aliphatic rings. The van der Waals surface area contributed by atoms with Crippen molar-refractivity contribution in [2.24, 2.45) is 5.92 Å². The quantitative estimate of drug-likeness (QED) is 0.0605. The lowest BCUT2D eigenvalue weighted by Crippen LogP contribution is -2.34. The second kappa shape index (κ2) is 25.2. The van der Waals surface area contributed by atoms with Gasteiger partial charge in [0.1, 0.15) is 30.8 Å². The Kier molecular flexibility index (Phi) is 16.5. The number of rotatable bonds is 24. The minimum Gasteiger partial charge on any atom is -0.492 e. The number of hydrogen-bond donors (Lipinski definition) is 1. The van der Waals surface area contributed by atoms with Gasteiger partial charge < -0.3 is 24.1 Å². The topological polar surface area (TPSA) is 57.2 Å². The smallest absolute Gasteiger partial charge is 0.119 e. The average Bonchev–Trinajstić information content (AvgIpc) is 1.55. The van der Waals surface area contributed by atoms with E-state index in [4.69, 9.17) is 18.9 Å². The van der Waals surface area contributed by atoms with E-state index >= 15 is 0 Å². The lowest BCUT2D eigenvalue weighted by Gasteiger charge is -2.39. The fourth-order valence-electron chi connectivity index (χ4n) is 17.5. The lowest BCUT2D eigenvalue weighted by molar-refractivity contribution is -0.0961. The minimum absolute atomic E-state index is 0.105. The first-order valence-corrected chi connectivity index (χ1v) is 36.8. The van der Waals surface area contributed by atoms with Crippen LogP contribution in [0.15, 0.2) is 218 Å². The number of fused-ring (bicyclic) bond motifs is 8. The van der Waals surface area contributed by atoms with Crippen LogP contribution in [0.2, 0.25) is 0 Å². The van der Waals surface area contributed by atoms with Crippen LogP contribution in [0.4, 0.5) is 0 Å². The Balaban J connectivity index is 0.657. The molecule has 0 spiro atoms. The molecule has 0 aromatic heterocycles. The molecule has 2 heterocycles. The normalized spacial score (nSPS) is 22.9. The van der Waals surface area contributed by atoms with Crippen molar-refractivity contribution in [2.45, 2.75) is 136 Å². The summed E-state index contributed by atoms with van der Waals surface area (Å²) in [5, 5.41) is 13.0. The molecule has 1 saturated carbocycles. The molecule has 0 bridgehead atoms. The molecule has 94 heavy (non-hydrogen) atoms. The Labute approximate surface area is 565 Å². The van der Waals surface area contributed by atoms with E-state index in [1.54, 1.807) is 0 Å². The summed E-state index contributed by atoms with van der Waals surface area (Å²) in [5.41, 5.74) is 23.6. The molecule has 5 aliphatic carbocycles. The Morgan fingerprint density at radius 2 is 1.03 bits per heavy atom. The molecule has 1 N–H and O–H groups in total. The summed E-state index contributed by atoms with van der Waals surface area (Å²) in [5.74, 6) is 4.65. The summed E-state index contributed by atoms with van der Waals surface area (Å²) in [6.07, 6.45) is 14.3. The van der Waals surface area contributed by atoms with E-state index in [0.717, 1.165) is 88.1 Å². The summed E-state index contributed by atoms with van der Waals surface area (Å²) in [6, 6.07) is 80.2. The van der Waals surface area contributed by atoms with Crippen LogP contribution in [-0.4, -0.2) is 59.6 Å². The minimum atomic E-state index is -0.853. The van der Waals surface area contributed by atoms with Gasteiger partial charge in [-0.05, 0) is 200 Å². The number of aliphatic hydroxyl groups excluding tert-OH is 1. The molecule has 5 nitrogen and oxygen atoms in total. The maximum absolute atomic E-state index is 11.8. The van der Waals surface area contributed by atoms with Gasteiger partial charge in [-0.25, -0.2) is 0 Å². The van der Waals surface area contributed by atoms with Gasteiger partial charge in [-0.15, -0.1) is 0 Å². The van der Waals surface area contributed by atoms with Crippen LogP contribution in [0.1, 0.15) is 162 Å². The first-order chi connectivity index (χ1) is 46.1. The predicted molar refractivity (Wildman–Crippen MR) is 385 cm³/mol. The molecule has 9 aromatic carbocycles. The Morgan fingerprint density at radius 1 is 0.521 bits per heavy atom.